The van der Waals surface area contributed by atoms with Crippen LogP contribution < -0.4 is 4.74 Å². The molecule has 0 unspecified atom stereocenters. The second-order valence-electron chi connectivity index (χ2n) is 9.11. The number of nitrogens with zero attached hydrogens (tertiary/aromatic N) is 3. The first-order chi connectivity index (χ1) is 18.4. The van der Waals surface area contributed by atoms with Gasteiger partial charge in [-0.15, -0.1) is 0 Å². The first kappa shape index (κ1) is 25.5. The number of halogens is 1. The number of oxazole rings is 1. The Morgan fingerprint density at radius 3 is 2.63 bits per heavy atom. The lowest BCUT2D eigenvalue weighted by Crippen LogP contribution is -2.12. The number of carbonyl (C=O) groups excluding carboxylic acids is 1. The molecule has 0 bridgehead atoms. The largest absolute Gasteiger partial charge is 0.489 e. The number of hydrogen-bond acceptors (Lipinski definition) is 6. The van der Waals surface area contributed by atoms with Crippen molar-refractivity contribution in [2.75, 3.05) is 6.61 Å². The summed E-state index contributed by atoms with van der Waals surface area (Å²) < 4.78 is 19.0. The van der Waals surface area contributed by atoms with Crippen LogP contribution in [0.5, 0.6) is 5.75 Å². The van der Waals surface area contributed by atoms with Crippen LogP contribution in [0.15, 0.2) is 65.4 Å². The summed E-state index contributed by atoms with van der Waals surface area (Å²) in [6.45, 7) is 8.79. The quantitative estimate of drug-likeness (QED) is 0.200. The van der Waals surface area contributed by atoms with E-state index < -0.39 is 0 Å². The number of aromatic nitrogens is 3. The van der Waals surface area contributed by atoms with Crippen molar-refractivity contribution in [1.29, 1.82) is 0 Å². The van der Waals surface area contributed by atoms with E-state index in [0.29, 0.717) is 35.4 Å². The van der Waals surface area contributed by atoms with Gasteiger partial charge in [-0.2, -0.15) is 0 Å². The second-order valence-corrected chi connectivity index (χ2v) is 9.52. The van der Waals surface area contributed by atoms with E-state index >= 15 is 0 Å². The molecule has 8 heteroatoms. The van der Waals surface area contributed by atoms with Crippen LogP contribution >= 0.6 is 11.6 Å². The first-order valence-corrected chi connectivity index (χ1v) is 12.8. The van der Waals surface area contributed by atoms with Crippen molar-refractivity contribution in [2.24, 2.45) is 0 Å². The van der Waals surface area contributed by atoms with E-state index in [4.69, 9.17) is 30.5 Å². The topological polar surface area (TPSA) is 79.4 Å². The lowest BCUT2D eigenvalue weighted by molar-refractivity contribution is 0.0522. The third-order valence-electron chi connectivity index (χ3n) is 6.50. The van der Waals surface area contributed by atoms with Crippen LogP contribution in [0.2, 0.25) is 5.02 Å². The number of imidazole rings is 1. The average Bonchev–Trinajstić information content (AvgIpc) is 3.53. The maximum Gasteiger partial charge on any atom is 0.338 e. The Balaban J connectivity index is 1.44. The van der Waals surface area contributed by atoms with E-state index in [2.05, 4.69) is 9.55 Å². The van der Waals surface area contributed by atoms with Gasteiger partial charge in [0.25, 0.3) is 0 Å². The summed E-state index contributed by atoms with van der Waals surface area (Å²) in [5.41, 5.74) is 6.81. The Morgan fingerprint density at radius 2 is 1.89 bits per heavy atom. The van der Waals surface area contributed by atoms with E-state index in [1.807, 2.05) is 69.3 Å². The Morgan fingerprint density at radius 1 is 1.05 bits per heavy atom. The number of benzene rings is 3. The predicted molar refractivity (Wildman–Crippen MR) is 147 cm³/mol. The van der Waals surface area contributed by atoms with Crippen LogP contribution in [0.4, 0.5) is 0 Å². The molecule has 0 spiro atoms. The number of esters is 1. The van der Waals surface area contributed by atoms with Crippen LogP contribution in [0, 0.1) is 20.8 Å². The van der Waals surface area contributed by atoms with E-state index in [-0.39, 0.29) is 12.6 Å². The molecule has 0 aliphatic rings. The summed E-state index contributed by atoms with van der Waals surface area (Å²) >= 11 is 6.66. The molecule has 7 nitrogen and oxygen atoms in total. The van der Waals surface area contributed by atoms with Gasteiger partial charge in [-0.05, 0) is 62.6 Å². The number of rotatable bonds is 8. The van der Waals surface area contributed by atoms with Crippen LogP contribution in [0.3, 0.4) is 0 Å². The minimum absolute atomic E-state index is 0.238. The Labute approximate surface area is 226 Å². The molecule has 0 fully saturated rings. The molecule has 2 heterocycles. The lowest BCUT2D eigenvalue weighted by Gasteiger charge is -2.14. The standard InChI is InChI=1S/C30H28ClN3O4/c1-5-36-30(35)27-18(2)7-6-8-23(27)17-38-24-13-19(3)28-26(15-24)34(20(4)33-28)16-22-10-9-21(14-25(22)31)29-32-11-12-37-29/h6-15H,5,16-17H2,1-4H3. The summed E-state index contributed by atoms with van der Waals surface area (Å²) in [7, 11) is 0. The average molecular weight is 530 g/mol. The molecule has 0 radical (unpaired) electrons. The molecule has 0 aliphatic heterocycles. The third-order valence-corrected chi connectivity index (χ3v) is 6.85. The normalized spacial score (nSPS) is 11.2. The van der Waals surface area contributed by atoms with Gasteiger partial charge in [-0.25, -0.2) is 14.8 Å². The highest BCUT2D eigenvalue weighted by molar-refractivity contribution is 6.31. The smallest absolute Gasteiger partial charge is 0.338 e. The van der Waals surface area contributed by atoms with Gasteiger partial charge in [-0.1, -0.05) is 35.9 Å². The molecule has 0 saturated heterocycles. The highest BCUT2D eigenvalue weighted by Gasteiger charge is 2.17. The van der Waals surface area contributed by atoms with Crippen molar-refractivity contribution < 1.29 is 18.7 Å². The molecule has 0 saturated carbocycles. The van der Waals surface area contributed by atoms with Crippen LogP contribution in [-0.4, -0.2) is 27.1 Å². The van der Waals surface area contributed by atoms with Crippen molar-refractivity contribution in [3.8, 4) is 17.2 Å². The molecule has 5 rings (SSSR count). The minimum Gasteiger partial charge on any atom is -0.489 e. The monoisotopic (exact) mass is 529 g/mol. The van der Waals surface area contributed by atoms with Gasteiger partial charge in [0, 0.05) is 22.2 Å². The maximum absolute atomic E-state index is 12.6. The fourth-order valence-corrected chi connectivity index (χ4v) is 4.85. The number of carbonyl (C=O) groups is 1. The predicted octanol–water partition coefficient (Wildman–Crippen LogP) is 7.07. The van der Waals surface area contributed by atoms with Crippen LogP contribution in [0.25, 0.3) is 22.5 Å². The fraction of sp³-hybridized carbons (Fsp3) is 0.233. The molecule has 3 aromatic carbocycles. The van der Waals surface area contributed by atoms with Crippen LogP contribution in [-0.2, 0) is 17.9 Å². The molecule has 0 amide bonds. The Kier molecular flexibility index (Phi) is 7.20. The van der Waals surface area contributed by atoms with Crippen molar-refractivity contribution in [1.82, 2.24) is 14.5 Å². The van der Waals surface area contributed by atoms with Gasteiger partial charge in [0.05, 0.1) is 35.9 Å². The molecule has 2 aromatic heterocycles. The Hall–Kier alpha value is -4.10. The molecule has 0 aliphatic carbocycles. The molecule has 194 valence electrons. The zero-order valence-corrected chi connectivity index (χ0v) is 22.5. The Bertz CT molecular complexity index is 1620. The van der Waals surface area contributed by atoms with Gasteiger partial charge >= 0.3 is 5.97 Å². The summed E-state index contributed by atoms with van der Waals surface area (Å²) in [6, 6.07) is 15.5. The minimum atomic E-state index is -0.338. The molecular weight excluding hydrogens is 502 g/mol. The highest BCUT2D eigenvalue weighted by atomic mass is 35.5. The third kappa shape index (κ3) is 5.02. The second kappa shape index (κ2) is 10.7. The fourth-order valence-electron chi connectivity index (χ4n) is 4.61. The van der Waals surface area contributed by atoms with E-state index in [1.54, 1.807) is 13.1 Å². The first-order valence-electron chi connectivity index (χ1n) is 12.4. The van der Waals surface area contributed by atoms with Crippen molar-refractivity contribution >= 4 is 28.6 Å². The summed E-state index contributed by atoms with van der Waals surface area (Å²) in [6.07, 6.45) is 3.15. The van der Waals surface area contributed by atoms with Crippen molar-refractivity contribution in [3.05, 3.63) is 99.7 Å². The van der Waals surface area contributed by atoms with Crippen LogP contribution in [0.1, 0.15) is 45.4 Å². The van der Waals surface area contributed by atoms with Gasteiger partial charge < -0.3 is 18.5 Å². The number of aryl methyl sites for hydroxylation is 3. The van der Waals surface area contributed by atoms with E-state index in [0.717, 1.165) is 44.7 Å². The molecular formula is C30H28ClN3O4. The van der Waals surface area contributed by atoms with Crippen molar-refractivity contribution in [3.63, 3.8) is 0 Å². The zero-order chi connectivity index (χ0) is 26.8. The maximum atomic E-state index is 12.6. The molecule has 38 heavy (non-hydrogen) atoms. The van der Waals surface area contributed by atoms with Gasteiger partial charge in [0.1, 0.15) is 24.4 Å². The zero-order valence-electron chi connectivity index (χ0n) is 21.7. The molecule has 5 aromatic rings. The summed E-state index contributed by atoms with van der Waals surface area (Å²) in [5.74, 6) is 1.75. The van der Waals surface area contributed by atoms with Crippen molar-refractivity contribution in [2.45, 2.75) is 40.8 Å². The number of hydrogen-bond donors (Lipinski definition) is 0. The highest BCUT2D eigenvalue weighted by Crippen LogP contribution is 2.30. The lowest BCUT2D eigenvalue weighted by atomic mass is 10.0. The van der Waals surface area contributed by atoms with Gasteiger partial charge in [-0.3, -0.25) is 0 Å². The SMILES string of the molecule is CCOC(=O)c1c(C)cccc1COc1cc(C)c2nc(C)n(Cc3ccc(-c4ncco4)cc3Cl)c2c1. The van der Waals surface area contributed by atoms with E-state index in [9.17, 15) is 4.79 Å². The summed E-state index contributed by atoms with van der Waals surface area (Å²) in [4.78, 5) is 21.6. The number of fused-ring (bicyclic) bond motifs is 1. The molecule has 0 N–H and O–H groups in total. The van der Waals surface area contributed by atoms with Gasteiger partial charge in [0.15, 0.2) is 0 Å². The van der Waals surface area contributed by atoms with Gasteiger partial charge in [0.2, 0.25) is 5.89 Å². The molecule has 0 atom stereocenters. The summed E-state index contributed by atoms with van der Waals surface area (Å²) in [5, 5.41) is 0.622. The van der Waals surface area contributed by atoms with E-state index in [1.165, 1.54) is 6.26 Å². The number of ether oxygens (including phenoxy) is 2.